The van der Waals surface area contributed by atoms with E-state index in [1.807, 2.05) is 0 Å². The van der Waals surface area contributed by atoms with Crippen LogP contribution in [0, 0.1) is 0 Å². The van der Waals surface area contributed by atoms with Gasteiger partial charge in [0.1, 0.15) is 5.75 Å². The molecule has 1 aliphatic heterocycles. The van der Waals surface area contributed by atoms with Crippen molar-refractivity contribution in [2.75, 3.05) is 13.2 Å². The predicted molar refractivity (Wildman–Crippen MR) is 65.8 cm³/mol. The van der Waals surface area contributed by atoms with E-state index in [1.54, 1.807) is 0 Å². The second kappa shape index (κ2) is 4.11. The molecule has 1 aromatic rings. The van der Waals surface area contributed by atoms with Gasteiger partial charge >= 0.3 is 0 Å². The van der Waals surface area contributed by atoms with Gasteiger partial charge < -0.3 is 4.74 Å². The Morgan fingerprint density at radius 2 is 2.25 bits per heavy atom. The third-order valence-electron chi connectivity index (χ3n) is 3.38. The first kappa shape index (κ1) is 10.2. The van der Waals surface area contributed by atoms with Crippen molar-refractivity contribution in [3.05, 3.63) is 34.9 Å². The summed E-state index contributed by atoms with van der Waals surface area (Å²) in [6.45, 7) is 1.55. The molecule has 1 aliphatic carbocycles. The van der Waals surface area contributed by atoms with Gasteiger partial charge in [0.05, 0.1) is 6.61 Å². The van der Waals surface area contributed by atoms with Gasteiger partial charge in [0.15, 0.2) is 0 Å². The Bertz CT molecular complexity index is 453. The molecule has 0 unspecified atom stereocenters. The van der Waals surface area contributed by atoms with Crippen LogP contribution in [-0.2, 0) is 12.8 Å². The number of rotatable bonds is 2. The van der Waals surface area contributed by atoms with E-state index in [2.05, 4.69) is 23.0 Å². The quantitative estimate of drug-likeness (QED) is 0.796. The maximum absolute atomic E-state index is 5.61. The van der Waals surface area contributed by atoms with Crippen LogP contribution in [0.3, 0.4) is 0 Å². The molecule has 3 rings (SSSR count). The number of allylic oxidation sites excluding steroid dienone is 1. The maximum atomic E-state index is 5.61. The lowest BCUT2D eigenvalue weighted by Crippen LogP contribution is -1.98. The van der Waals surface area contributed by atoms with Crippen LogP contribution in [-0.4, -0.2) is 13.2 Å². The van der Waals surface area contributed by atoms with Crippen LogP contribution in [0.2, 0.25) is 0 Å². The van der Waals surface area contributed by atoms with Crippen LogP contribution in [0.5, 0.6) is 5.75 Å². The van der Waals surface area contributed by atoms with Gasteiger partial charge in [-0.15, -0.1) is 0 Å². The Labute approximate surface area is 100 Å². The molecule has 0 aromatic heterocycles. The van der Waals surface area contributed by atoms with E-state index in [-0.39, 0.29) is 0 Å². The highest BCUT2D eigenvalue weighted by molar-refractivity contribution is 6.13. The Kier molecular flexibility index (Phi) is 2.62. The summed E-state index contributed by atoms with van der Waals surface area (Å²) in [5, 5.41) is 0. The summed E-state index contributed by atoms with van der Waals surface area (Å²) >= 11 is 5.51. The van der Waals surface area contributed by atoms with E-state index in [9.17, 15) is 0 Å². The number of hydrogen-bond acceptors (Lipinski definition) is 2. The molecule has 0 fully saturated rings. The molecule has 0 atom stereocenters. The molecule has 0 amide bonds. The van der Waals surface area contributed by atoms with Gasteiger partial charge in [-0.1, -0.05) is 12.1 Å². The minimum Gasteiger partial charge on any atom is -0.493 e. The fourth-order valence-electron chi connectivity index (χ4n) is 2.69. The van der Waals surface area contributed by atoms with Gasteiger partial charge in [0.25, 0.3) is 0 Å². The zero-order chi connectivity index (χ0) is 11.0. The van der Waals surface area contributed by atoms with Crippen molar-refractivity contribution in [1.82, 2.24) is 4.84 Å². The summed E-state index contributed by atoms with van der Waals surface area (Å²) in [6, 6.07) is 4.32. The number of hydrogen-bond donors (Lipinski definition) is 1. The molecule has 3 heteroatoms. The van der Waals surface area contributed by atoms with Crippen molar-refractivity contribution in [2.24, 2.45) is 0 Å². The van der Waals surface area contributed by atoms with Crippen molar-refractivity contribution in [3.63, 3.8) is 0 Å². The normalized spacial score (nSPS) is 19.7. The number of aryl methyl sites for hydroxylation is 1. The van der Waals surface area contributed by atoms with Crippen molar-refractivity contribution in [3.8, 4) is 5.75 Å². The molecule has 0 radical (unpaired) electrons. The third kappa shape index (κ3) is 1.53. The third-order valence-corrected chi connectivity index (χ3v) is 3.53. The number of ether oxygens (including phenoxy) is 1. The fourth-order valence-corrected chi connectivity index (χ4v) is 2.77. The Hall–Kier alpha value is -0.990. The molecule has 2 aliphatic rings. The maximum Gasteiger partial charge on any atom is 0.123 e. The van der Waals surface area contributed by atoms with Crippen molar-refractivity contribution < 1.29 is 4.74 Å². The van der Waals surface area contributed by atoms with Crippen molar-refractivity contribution in [2.45, 2.75) is 19.3 Å². The fraction of sp³-hybridized carbons (Fsp3) is 0.385. The summed E-state index contributed by atoms with van der Waals surface area (Å²) < 4.78 is 5.61. The van der Waals surface area contributed by atoms with E-state index in [4.69, 9.17) is 16.5 Å². The van der Waals surface area contributed by atoms with E-state index in [1.165, 1.54) is 22.3 Å². The molecule has 1 aromatic carbocycles. The standard InChI is InChI=1S/C13H14ClNO/c14-15-7-5-10-2-1-9-3-4-12-11(13(9)10)6-8-16-12/h3-5,15H,1-2,6-8H2. The predicted octanol–water partition coefficient (Wildman–Crippen LogP) is 2.69. The topological polar surface area (TPSA) is 21.3 Å². The molecule has 0 saturated heterocycles. The first-order valence-corrected chi connectivity index (χ1v) is 6.08. The lowest BCUT2D eigenvalue weighted by atomic mass is 9.98. The van der Waals surface area contributed by atoms with E-state index < -0.39 is 0 Å². The van der Waals surface area contributed by atoms with Gasteiger partial charge in [-0.05, 0) is 47.4 Å². The van der Waals surface area contributed by atoms with Crippen LogP contribution < -0.4 is 9.57 Å². The van der Waals surface area contributed by atoms with Crippen LogP contribution in [0.4, 0.5) is 0 Å². The highest BCUT2D eigenvalue weighted by Gasteiger charge is 2.24. The molecule has 0 bridgehead atoms. The lowest BCUT2D eigenvalue weighted by Gasteiger charge is -2.07. The van der Waals surface area contributed by atoms with E-state index in [0.29, 0.717) is 0 Å². The van der Waals surface area contributed by atoms with Crippen LogP contribution >= 0.6 is 11.8 Å². The van der Waals surface area contributed by atoms with E-state index in [0.717, 1.165) is 38.2 Å². The van der Waals surface area contributed by atoms with Gasteiger partial charge in [0, 0.05) is 18.5 Å². The lowest BCUT2D eigenvalue weighted by molar-refractivity contribution is 0.357. The van der Waals surface area contributed by atoms with Gasteiger partial charge in [-0.3, -0.25) is 0 Å². The van der Waals surface area contributed by atoms with Crippen LogP contribution in [0.25, 0.3) is 5.57 Å². The molecule has 84 valence electrons. The minimum absolute atomic E-state index is 0.723. The number of nitrogens with one attached hydrogen (secondary N) is 1. The second-order valence-electron chi connectivity index (χ2n) is 4.24. The van der Waals surface area contributed by atoms with Gasteiger partial charge in [-0.2, -0.15) is 0 Å². The SMILES string of the molecule is ClNCC=C1CCc2ccc3c(c21)CCO3. The molecule has 0 saturated carbocycles. The molecular weight excluding hydrogens is 222 g/mol. The van der Waals surface area contributed by atoms with Gasteiger partial charge in [-0.25, -0.2) is 4.84 Å². The van der Waals surface area contributed by atoms with Crippen molar-refractivity contribution in [1.29, 1.82) is 0 Å². The summed E-state index contributed by atoms with van der Waals surface area (Å²) in [6.07, 6.45) is 5.52. The second-order valence-corrected chi connectivity index (χ2v) is 4.51. The summed E-state index contributed by atoms with van der Waals surface area (Å²) in [5.41, 5.74) is 5.72. The Morgan fingerprint density at radius 3 is 3.12 bits per heavy atom. The molecule has 0 spiro atoms. The summed E-state index contributed by atoms with van der Waals surface area (Å²) in [5.74, 6) is 1.07. The van der Waals surface area contributed by atoms with Crippen LogP contribution in [0.1, 0.15) is 23.1 Å². The Balaban J connectivity index is 2.07. The first-order chi connectivity index (χ1) is 7.90. The number of fused-ring (bicyclic) bond motifs is 3. The Morgan fingerprint density at radius 1 is 1.31 bits per heavy atom. The molecule has 16 heavy (non-hydrogen) atoms. The molecular formula is C13H14ClNO. The summed E-state index contributed by atoms with van der Waals surface area (Å²) in [7, 11) is 0. The number of benzene rings is 1. The average molecular weight is 236 g/mol. The highest BCUT2D eigenvalue weighted by Crippen LogP contribution is 2.40. The molecule has 1 heterocycles. The summed E-state index contributed by atoms with van der Waals surface area (Å²) in [4.78, 5) is 2.66. The van der Waals surface area contributed by atoms with Gasteiger partial charge in [0.2, 0.25) is 0 Å². The smallest absolute Gasteiger partial charge is 0.123 e. The van der Waals surface area contributed by atoms with E-state index >= 15 is 0 Å². The minimum atomic E-state index is 0.723. The number of halogens is 1. The van der Waals surface area contributed by atoms with Crippen LogP contribution in [0.15, 0.2) is 18.2 Å². The monoisotopic (exact) mass is 235 g/mol. The zero-order valence-corrected chi connectivity index (χ0v) is 9.81. The van der Waals surface area contributed by atoms with Crippen molar-refractivity contribution >= 4 is 17.3 Å². The first-order valence-electron chi connectivity index (χ1n) is 5.70. The molecule has 2 nitrogen and oxygen atoms in total. The highest BCUT2D eigenvalue weighted by atomic mass is 35.5. The molecule has 1 N–H and O–H groups in total. The average Bonchev–Trinajstić information content (AvgIpc) is 2.91. The zero-order valence-electron chi connectivity index (χ0n) is 9.05. The largest absolute Gasteiger partial charge is 0.493 e.